The Morgan fingerprint density at radius 2 is 2.38 bits per heavy atom. The summed E-state index contributed by atoms with van der Waals surface area (Å²) in [4.78, 5) is 12.6. The lowest BCUT2D eigenvalue weighted by Gasteiger charge is -2.31. The van der Waals surface area contributed by atoms with Gasteiger partial charge in [-0.3, -0.25) is 0 Å². The predicted molar refractivity (Wildman–Crippen MR) is 56.6 cm³/mol. The molecular weight excluding hydrogens is 234 g/mol. The molecule has 0 saturated carbocycles. The van der Waals surface area contributed by atoms with Crippen LogP contribution in [0.3, 0.4) is 0 Å². The van der Waals surface area contributed by atoms with Crippen molar-refractivity contribution in [1.82, 2.24) is 10.2 Å². The number of nitrogens with zero attached hydrogens (tertiary/aromatic N) is 3. The number of morpholine rings is 1. The van der Waals surface area contributed by atoms with Crippen molar-refractivity contribution in [1.29, 1.82) is 0 Å². The number of carboxylic acid groups (broad SMARTS) is 1. The average molecular weight is 244 g/mol. The molecule has 1 N–H and O–H groups in total. The number of anilines is 1. The molecule has 0 aromatic carbocycles. The van der Waals surface area contributed by atoms with Crippen LogP contribution in [0.2, 0.25) is 5.15 Å². The van der Waals surface area contributed by atoms with Crippen molar-refractivity contribution in [3.8, 4) is 0 Å². The maximum absolute atomic E-state index is 10.8. The molecule has 6 nitrogen and oxygen atoms in total. The zero-order chi connectivity index (χ0) is 11.5. The molecule has 1 fully saturated rings. The van der Waals surface area contributed by atoms with Gasteiger partial charge in [-0.1, -0.05) is 11.6 Å². The Hall–Kier alpha value is -1.40. The highest BCUT2D eigenvalue weighted by molar-refractivity contribution is 6.29. The van der Waals surface area contributed by atoms with Crippen molar-refractivity contribution in [2.24, 2.45) is 0 Å². The van der Waals surface area contributed by atoms with E-state index in [4.69, 9.17) is 21.4 Å². The van der Waals surface area contributed by atoms with Gasteiger partial charge in [-0.2, -0.15) is 0 Å². The van der Waals surface area contributed by atoms with Crippen LogP contribution in [0.15, 0.2) is 12.1 Å². The van der Waals surface area contributed by atoms with E-state index in [1.165, 1.54) is 0 Å². The van der Waals surface area contributed by atoms with Gasteiger partial charge in [0.1, 0.15) is 0 Å². The molecule has 1 aliphatic rings. The summed E-state index contributed by atoms with van der Waals surface area (Å²) >= 11 is 5.62. The third-order valence-electron chi connectivity index (χ3n) is 2.28. The smallest absolute Gasteiger partial charge is 0.334 e. The molecule has 2 heterocycles. The largest absolute Gasteiger partial charge is 0.479 e. The summed E-state index contributed by atoms with van der Waals surface area (Å²) in [5.74, 6) is -0.356. The second kappa shape index (κ2) is 4.63. The van der Waals surface area contributed by atoms with E-state index in [0.717, 1.165) is 0 Å². The van der Waals surface area contributed by atoms with Gasteiger partial charge < -0.3 is 14.7 Å². The zero-order valence-corrected chi connectivity index (χ0v) is 9.09. The summed E-state index contributed by atoms with van der Waals surface area (Å²) in [5, 5.41) is 16.8. The van der Waals surface area contributed by atoms with E-state index in [0.29, 0.717) is 24.1 Å². The molecule has 0 amide bonds. The molecule has 1 aromatic heterocycles. The van der Waals surface area contributed by atoms with Crippen LogP contribution in [0.25, 0.3) is 0 Å². The summed E-state index contributed by atoms with van der Waals surface area (Å²) in [6, 6.07) is 3.33. The van der Waals surface area contributed by atoms with E-state index in [9.17, 15) is 4.79 Å². The van der Waals surface area contributed by atoms with Gasteiger partial charge in [-0.05, 0) is 12.1 Å². The molecule has 2 rings (SSSR count). The number of halogens is 1. The SMILES string of the molecule is O=C(O)C1CN(c2ccc(Cl)nn2)CCO1. The first kappa shape index (κ1) is 11.1. The third kappa shape index (κ3) is 2.40. The quantitative estimate of drug-likeness (QED) is 0.811. The van der Waals surface area contributed by atoms with Crippen molar-refractivity contribution < 1.29 is 14.6 Å². The summed E-state index contributed by atoms with van der Waals surface area (Å²) in [7, 11) is 0. The molecular formula is C9H10ClN3O3. The molecule has 1 aromatic rings. The summed E-state index contributed by atoms with van der Waals surface area (Å²) in [6.07, 6.45) is -0.814. The van der Waals surface area contributed by atoms with Crippen molar-refractivity contribution in [3.63, 3.8) is 0 Å². The fraction of sp³-hybridized carbons (Fsp3) is 0.444. The fourth-order valence-electron chi connectivity index (χ4n) is 1.48. The molecule has 0 spiro atoms. The van der Waals surface area contributed by atoms with Crippen molar-refractivity contribution in [2.75, 3.05) is 24.6 Å². The summed E-state index contributed by atoms with van der Waals surface area (Å²) < 4.78 is 5.10. The van der Waals surface area contributed by atoms with E-state index >= 15 is 0 Å². The highest BCUT2D eigenvalue weighted by atomic mass is 35.5. The summed E-state index contributed by atoms with van der Waals surface area (Å²) in [5.41, 5.74) is 0. The van der Waals surface area contributed by atoms with E-state index < -0.39 is 12.1 Å². The number of aromatic nitrogens is 2. The normalized spacial score (nSPS) is 20.8. The second-order valence-electron chi connectivity index (χ2n) is 3.36. The highest BCUT2D eigenvalue weighted by Gasteiger charge is 2.26. The Labute approximate surface area is 96.8 Å². The van der Waals surface area contributed by atoms with Crippen LogP contribution in [0.5, 0.6) is 0 Å². The number of hydrogen-bond donors (Lipinski definition) is 1. The van der Waals surface area contributed by atoms with Gasteiger partial charge in [0.2, 0.25) is 0 Å². The fourth-order valence-corrected chi connectivity index (χ4v) is 1.59. The summed E-state index contributed by atoms with van der Waals surface area (Å²) in [6.45, 7) is 1.23. The molecule has 1 atom stereocenters. The minimum Gasteiger partial charge on any atom is -0.479 e. The molecule has 0 aliphatic carbocycles. The van der Waals surface area contributed by atoms with Crippen molar-refractivity contribution in [3.05, 3.63) is 17.3 Å². The number of rotatable bonds is 2. The van der Waals surface area contributed by atoms with Gasteiger partial charge in [0, 0.05) is 6.54 Å². The molecule has 1 aliphatic heterocycles. The standard InChI is InChI=1S/C9H10ClN3O3/c10-7-1-2-8(12-11-7)13-3-4-16-6(5-13)9(14)15/h1-2,6H,3-5H2,(H,14,15). The minimum absolute atomic E-state index is 0.269. The molecule has 16 heavy (non-hydrogen) atoms. The van der Waals surface area contributed by atoms with E-state index in [1.807, 2.05) is 4.90 Å². The first-order valence-electron chi connectivity index (χ1n) is 4.75. The predicted octanol–water partition coefficient (Wildman–Crippen LogP) is 0.420. The topological polar surface area (TPSA) is 75.5 Å². The monoisotopic (exact) mass is 243 g/mol. The minimum atomic E-state index is -0.966. The maximum atomic E-state index is 10.8. The van der Waals surface area contributed by atoms with Crippen molar-refractivity contribution >= 4 is 23.4 Å². The van der Waals surface area contributed by atoms with E-state index in [1.54, 1.807) is 12.1 Å². The van der Waals surface area contributed by atoms with Crippen LogP contribution in [0.1, 0.15) is 0 Å². The Balaban J connectivity index is 2.09. The number of carbonyl (C=O) groups is 1. The molecule has 1 unspecified atom stereocenters. The molecule has 0 radical (unpaired) electrons. The third-order valence-corrected chi connectivity index (χ3v) is 2.49. The Morgan fingerprint density at radius 3 is 3.00 bits per heavy atom. The Morgan fingerprint density at radius 1 is 1.56 bits per heavy atom. The lowest BCUT2D eigenvalue weighted by Crippen LogP contribution is -2.46. The van der Waals surface area contributed by atoms with Crippen LogP contribution < -0.4 is 4.90 Å². The molecule has 86 valence electrons. The van der Waals surface area contributed by atoms with Crippen LogP contribution in [0.4, 0.5) is 5.82 Å². The molecule has 7 heteroatoms. The van der Waals surface area contributed by atoms with Gasteiger partial charge in [0.25, 0.3) is 0 Å². The van der Waals surface area contributed by atoms with Gasteiger partial charge in [0.15, 0.2) is 17.1 Å². The second-order valence-corrected chi connectivity index (χ2v) is 3.75. The van der Waals surface area contributed by atoms with Crippen LogP contribution in [0, 0.1) is 0 Å². The lowest BCUT2D eigenvalue weighted by molar-refractivity contribution is -0.150. The first-order chi connectivity index (χ1) is 7.66. The maximum Gasteiger partial charge on any atom is 0.334 e. The highest BCUT2D eigenvalue weighted by Crippen LogP contribution is 2.15. The van der Waals surface area contributed by atoms with Crippen LogP contribution in [-0.2, 0) is 9.53 Å². The average Bonchev–Trinajstić information content (AvgIpc) is 2.30. The van der Waals surface area contributed by atoms with E-state index in [2.05, 4.69) is 10.2 Å². The first-order valence-corrected chi connectivity index (χ1v) is 5.13. The number of hydrogen-bond acceptors (Lipinski definition) is 5. The number of carboxylic acids is 1. The lowest BCUT2D eigenvalue weighted by atomic mass is 10.2. The Kier molecular flexibility index (Phi) is 3.21. The van der Waals surface area contributed by atoms with Gasteiger partial charge >= 0.3 is 5.97 Å². The number of ether oxygens (including phenoxy) is 1. The van der Waals surface area contributed by atoms with Gasteiger partial charge in [-0.25, -0.2) is 4.79 Å². The van der Waals surface area contributed by atoms with Crippen LogP contribution >= 0.6 is 11.6 Å². The van der Waals surface area contributed by atoms with Gasteiger partial charge in [0.05, 0.1) is 13.2 Å². The van der Waals surface area contributed by atoms with Crippen LogP contribution in [-0.4, -0.2) is 47.1 Å². The van der Waals surface area contributed by atoms with Crippen molar-refractivity contribution in [2.45, 2.75) is 6.10 Å². The zero-order valence-electron chi connectivity index (χ0n) is 8.34. The Bertz CT molecular complexity index is 384. The van der Waals surface area contributed by atoms with E-state index in [-0.39, 0.29) is 6.54 Å². The van der Waals surface area contributed by atoms with Gasteiger partial charge in [-0.15, -0.1) is 10.2 Å². The molecule has 1 saturated heterocycles. The number of aliphatic carboxylic acids is 1. The molecule has 0 bridgehead atoms.